The van der Waals surface area contributed by atoms with Gasteiger partial charge in [0.05, 0.1) is 5.60 Å². The normalized spacial score (nSPS) is 19.9. The topological polar surface area (TPSA) is 50.1 Å². The van der Waals surface area contributed by atoms with E-state index in [0.29, 0.717) is 6.54 Å². The quantitative estimate of drug-likeness (QED) is 0.791. The molecule has 1 aromatic heterocycles. The fourth-order valence-electron chi connectivity index (χ4n) is 2.54. The lowest BCUT2D eigenvalue weighted by Crippen LogP contribution is -2.36. The van der Waals surface area contributed by atoms with E-state index in [2.05, 4.69) is 21.8 Å². The highest BCUT2D eigenvalue weighted by molar-refractivity contribution is 5.26. The second kappa shape index (κ2) is 5.54. The molecule has 1 aliphatic carbocycles. The van der Waals surface area contributed by atoms with Gasteiger partial charge in [-0.05, 0) is 19.8 Å². The highest BCUT2D eigenvalue weighted by Crippen LogP contribution is 2.27. The van der Waals surface area contributed by atoms with E-state index in [0.717, 1.165) is 38.2 Å². The Balaban J connectivity index is 1.92. The van der Waals surface area contributed by atoms with Crippen LogP contribution < -0.4 is 5.32 Å². The average molecular weight is 237 g/mol. The number of hydrogen-bond donors (Lipinski definition) is 2. The molecule has 4 nitrogen and oxygen atoms in total. The Bertz CT molecular complexity index is 340. The molecule has 0 amide bonds. The lowest BCUT2D eigenvalue weighted by atomic mass is 9.95. The van der Waals surface area contributed by atoms with Crippen LogP contribution in [-0.2, 0) is 6.54 Å². The minimum atomic E-state index is -0.541. The summed E-state index contributed by atoms with van der Waals surface area (Å²) in [6.07, 6.45) is 10.4. The number of nitrogens with one attached hydrogen (secondary N) is 1. The number of aromatic nitrogens is 2. The molecule has 1 aromatic rings. The molecule has 0 unspecified atom stereocenters. The summed E-state index contributed by atoms with van der Waals surface area (Å²) in [6, 6.07) is 0. The van der Waals surface area contributed by atoms with Gasteiger partial charge in [-0.25, -0.2) is 4.98 Å². The lowest BCUT2D eigenvalue weighted by molar-refractivity contribution is 0.0379. The Kier molecular flexibility index (Phi) is 4.05. The van der Waals surface area contributed by atoms with Crippen molar-refractivity contribution in [3.63, 3.8) is 0 Å². The Morgan fingerprint density at radius 3 is 2.71 bits per heavy atom. The second-order valence-corrected chi connectivity index (χ2v) is 5.03. The molecule has 2 rings (SSSR count). The monoisotopic (exact) mass is 237 g/mol. The molecule has 0 atom stereocenters. The first-order chi connectivity index (χ1) is 8.23. The fraction of sp³-hybridized carbons (Fsp3) is 0.769. The van der Waals surface area contributed by atoms with E-state index in [1.165, 1.54) is 12.8 Å². The summed E-state index contributed by atoms with van der Waals surface area (Å²) in [5, 5.41) is 13.8. The Morgan fingerprint density at radius 1 is 1.35 bits per heavy atom. The van der Waals surface area contributed by atoms with Crippen LogP contribution in [0.2, 0.25) is 0 Å². The van der Waals surface area contributed by atoms with Crippen molar-refractivity contribution < 1.29 is 5.11 Å². The van der Waals surface area contributed by atoms with Crippen molar-refractivity contribution in [2.24, 2.45) is 0 Å². The zero-order valence-electron chi connectivity index (χ0n) is 10.7. The molecule has 0 spiro atoms. The van der Waals surface area contributed by atoms with E-state index in [1.807, 2.05) is 6.20 Å². The number of rotatable bonds is 4. The van der Waals surface area contributed by atoms with Crippen LogP contribution in [0.5, 0.6) is 0 Å². The third-order valence-electron chi connectivity index (χ3n) is 3.67. The molecule has 4 heteroatoms. The van der Waals surface area contributed by atoms with Crippen molar-refractivity contribution >= 4 is 5.95 Å². The number of nitrogens with zero attached hydrogens (tertiary/aromatic N) is 2. The van der Waals surface area contributed by atoms with E-state index in [4.69, 9.17) is 0 Å². The third-order valence-corrected chi connectivity index (χ3v) is 3.67. The first-order valence-corrected chi connectivity index (χ1v) is 6.71. The van der Waals surface area contributed by atoms with Gasteiger partial charge in [-0.1, -0.05) is 25.7 Å². The maximum atomic E-state index is 10.5. The Hall–Kier alpha value is -1.03. The zero-order valence-corrected chi connectivity index (χ0v) is 10.7. The summed E-state index contributed by atoms with van der Waals surface area (Å²) in [4.78, 5) is 4.27. The van der Waals surface area contributed by atoms with Crippen LogP contribution in [0.1, 0.15) is 45.4 Å². The van der Waals surface area contributed by atoms with Gasteiger partial charge in [0.25, 0.3) is 0 Å². The molecule has 0 bridgehead atoms. The molecule has 96 valence electrons. The first kappa shape index (κ1) is 12.4. The van der Waals surface area contributed by atoms with Crippen molar-refractivity contribution in [1.82, 2.24) is 9.55 Å². The number of aliphatic hydroxyl groups is 1. The summed E-state index contributed by atoms with van der Waals surface area (Å²) in [7, 11) is 0. The Labute approximate surface area is 103 Å². The molecule has 0 saturated heterocycles. The summed E-state index contributed by atoms with van der Waals surface area (Å²) >= 11 is 0. The van der Waals surface area contributed by atoms with Crippen LogP contribution in [0, 0.1) is 0 Å². The molecule has 1 heterocycles. The van der Waals surface area contributed by atoms with Crippen molar-refractivity contribution in [3.8, 4) is 0 Å². The zero-order chi connectivity index (χ0) is 12.1. The van der Waals surface area contributed by atoms with Crippen molar-refractivity contribution in [2.75, 3.05) is 11.9 Å². The molecule has 1 aliphatic rings. The van der Waals surface area contributed by atoms with Crippen molar-refractivity contribution in [1.29, 1.82) is 0 Å². The van der Waals surface area contributed by atoms with E-state index < -0.39 is 5.60 Å². The number of anilines is 1. The van der Waals surface area contributed by atoms with Gasteiger partial charge in [0.15, 0.2) is 0 Å². The van der Waals surface area contributed by atoms with Crippen molar-refractivity contribution in [2.45, 2.75) is 57.6 Å². The average Bonchev–Trinajstić information content (AvgIpc) is 2.68. The number of hydrogen-bond acceptors (Lipinski definition) is 3. The smallest absolute Gasteiger partial charge is 0.202 e. The van der Waals surface area contributed by atoms with Crippen LogP contribution in [0.25, 0.3) is 0 Å². The van der Waals surface area contributed by atoms with Crippen LogP contribution in [-0.4, -0.2) is 26.8 Å². The minimum absolute atomic E-state index is 0.541. The van der Waals surface area contributed by atoms with Gasteiger partial charge in [-0.15, -0.1) is 0 Å². The van der Waals surface area contributed by atoms with Crippen LogP contribution in [0.4, 0.5) is 5.95 Å². The lowest BCUT2D eigenvalue weighted by Gasteiger charge is -2.27. The SMILES string of the molecule is CCn1ccnc1NCC1(O)CCCCCC1. The molecule has 17 heavy (non-hydrogen) atoms. The molecular weight excluding hydrogens is 214 g/mol. The molecule has 0 aliphatic heterocycles. The van der Waals surface area contributed by atoms with E-state index in [-0.39, 0.29) is 0 Å². The standard InChI is InChI=1S/C13H23N3O/c1-2-16-10-9-14-12(16)15-11-13(17)7-5-3-4-6-8-13/h9-10,17H,2-8,11H2,1H3,(H,14,15). The van der Waals surface area contributed by atoms with Crippen LogP contribution in [0.15, 0.2) is 12.4 Å². The minimum Gasteiger partial charge on any atom is -0.388 e. The van der Waals surface area contributed by atoms with Crippen LogP contribution >= 0.6 is 0 Å². The molecule has 0 radical (unpaired) electrons. The second-order valence-electron chi connectivity index (χ2n) is 5.03. The van der Waals surface area contributed by atoms with Gasteiger partial charge < -0.3 is 15.0 Å². The maximum absolute atomic E-state index is 10.5. The molecular formula is C13H23N3O. The molecule has 0 aromatic carbocycles. The summed E-state index contributed by atoms with van der Waals surface area (Å²) < 4.78 is 2.06. The summed E-state index contributed by atoms with van der Waals surface area (Å²) in [5.74, 6) is 0.866. The third kappa shape index (κ3) is 3.22. The van der Waals surface area contributed by atoms with Gasteiger partial charge in [0.2, 0.25) is 5.95 Å². The maximum Gasteiger partial charge on any atom is 0.202 e. The van der Waals surface area contributed by atoms with Gasteiger partial charge >= 0.3 is 0 Å². The number of imidazole rings is 1. The predicted molar refractivity (Wildman–Crippen MR) is 69.0 cm³/mol. The van der Waals surface area contributed by atoms with E-state index >= 15 is 0 Å². The first-order valence-electron chi connectivity index (χ1n) is 6.71. The highest BCUT2D eigenvalue weighted by Gasteiger charge is 2.27. The molecule has 1 fully saturated rings. The Morgan fingerprint density at radius 2 is 2.06 bits per heavy atom. The largest absolute Gasteiger partial charge is 0.388 e. The van der Waals surface area contributed by atoms with Gasteiger partial charge in [0, 0.05) is 25.5 Å². The molecule has 1 saturated carbocycles. The van der Waals surface area contributed by atoms with Crippen LogP contribution in [0.3, 0.4) is 0 Å². The summed E-state index contributed by atoms with van der Waals surface area (Å²) in [6.45, 7) is 3.61. The predicted octanol–water partition coefficient (Wildman–Crippen LogP) is 2.40. The van der Waals surface area contributed by atoms with E-state index in [9.17, 15) is 5.11 Å². The summed E-state index contributed by atoms with van der Waals surface area (Å²) in [5.41, 5.74) is -0.541. The van der Waals surface area contributed by atoms with E-state index in [1.54, 1.807) is 6.20 Å². The van der Waals surface area contributed by atoms with Gasteiger partial charge in [-0.2, -0.15) is 0 Å². The molecule has 2 N–H and O–H groups in total. The fourth-order valence-corrected chi connectivity index (χ4v) is 2.54. The highest BCUT2D eigenvalue weighted by atomic mass is 16.3. The van der Waals surface area contributed by atoms with Gasteiger partial charge in [-0.3, -0.25) is 0 Å². The number of aryl methyl sites for hydroxylation is 1. The van der Waals surface area contributed by atoms with Gasteiger partial charge in [0.1, 0.15) is 0 Å². The van der Waals surface area contributed by atoms with Crippen molar-refractivity contribution in [3.05, 3.63) is 12.4 Å².